The van der Waals surface area contributed by atoms with Crippen molar-refractivity contribution in [1.29, 1.82) is 0 Å². The van der Waals surface area contributed by atoms with Crippen LogP contribution < -0.4 is 24.4 Å². The van der Waals surface area contributed by atoms with Gasteiger partial charge in [0.2, 0.25) is 18.3 Å². The molecule has 35 heavy (non-hydrogen) atoms. The third-order valence-corrected chi connectivity index (χ3v) is 6.07. The Morgan fingerprint density at radius 2 is 1.91 bits per heavy atom. The highest BCUT2D eigenvalue weighted by atomic mass is 79.9. The summed E-state index contributed by atoms with van der Waals surface area (Å²) in [6.45, 7) is 0.0132. The van der Waals surface area contributed by atoms with Crippen molar-refractivity contribution in [2.75, 3.05) is 21.0 Å². The van der Waals surface area contributed by atoms with E-state index in [0.717, 1.165) is 12.3 Å². The van der Waals surface area contributed by atoms with Gasteiger partial charge in [-0.1, -0.05) is 23.4 Å². The lowest BCUT2D eigenvalue weighted by molar-refractivity contribution is -0.137. The number of oxime groups is 1. The van der Waals surface area contributed by atoms with Gasteiger partial charge in [0.25, 0.3) is 5.91 Å². The summed E-state index contributed by atoms with van der Waals surface area (Å²) in [7, 11) is 2.98. The van der Waals surface area contributed by atoms with E-state index in [1.807, 2.05) is 0 Å². The number of halogens is 4. The maximum Gasteiger partial charge on any atom is 0.417 e. The zero-order valence-electron chi connectivity index (χ0n) is 18.4. The number of methoxy groups -OCH3 is 2. The number of nitrogens with zero attached hydrogens (tertiary/aromatic N) is 2. The molecular formula is C22H19BrF3N3O6. The average Bonchev–Trinajstić information content (AvgIpc) is 3.49. The highest BCUT2D eigenvalue weighted by Gasteiger charge is 2.35. The Kier molecular flexibility index (Phi) is 7.05. The molecule has 2 aromatic rings. The predicted octanol–water partition coefficient (Wildman–Crippen LogP) is 4.05. The first-order chi connectivity index (χ1) is 16.7. The number of alkyl halides is 3. The number of hydrazone groups is 1. The molecule has 2 aliphatic rings. The van der Waals surface area contributed by atoms with Gasteiger partial charge in [-0.3, -0.25) is 4.79 Å². The van der Waals surface area contributed by atoms with Crippen molar-refractivity contribution in [3.05, 3.63) is 45.4 Å². The van der Waals surface area contributed by atoms with E-state index in [2.05, 4.69) is 31.6 Å². The Balaban J connectivity index is 1.43. The molecule has 0 radical (unpaired) electrons. The number of hydrogen-bond acceptors (Lipinski definition) is 8. The smallest absolute Gasteiger partial charge is 0.417 e. The van der Waals surface area contributed by atoms with Crippen molar-refractivity contribution in [3.63, 3.8) is 0 Å². The molecule has 2 heterocycles. The number of benzene rings is 2. The molecule has 1 atom stereocenters. The first kappa shape index (κ1) is 24.6. The van der Waals surface area contributed by atoms with Crippen molar-refractivity contribution in [3.8, 4) is 23.0 Å². The Bertz CT molecular complexity index is 1200. The minimum absolute atomic E-state index is 0.0132. The summed E-state index contributed by atoms with van der Waals surface area (Å²) in [6.07, 6.45) is -3.74. The molecule has 1 unspecified atom stereocenters. The molecule has 13 heteroatoms. The van der Waals surface area contributed by atoms with E-state index in [4.69, 9.17) is 23.8 Å². The van der Waals surface area contributed by atoms with Crippen LogP contribution >= 0.6 is 15.9 Å². The van der Waals surface area contributed by atoms with Gasteiger partial charge >= 0.3 is 6.18 Å². The van der Waals surface area contributed by atoms with Crippen molar-refractivity contribution in [2.24, 2.45) is 10.3 Å². The second-order valence-corrected chi connectivity index (χ2v) is 8.17. The van der Waals surface area contributed by atoms with E-state index in [9.17, 15) is 18.0 Å². The number of hydrogen-bond donors (Lipinski definition) is 1. The second kappa shape index (κ2) is 10.0. The van der Waals surface area contributed by atoms with Crippen molar-refractivity contribution in [2.45, 2.75) is 25.1 Å². The first-order valence-electron chi connectivity index (χ1n) is 10.2. The summed E-state index contributed by atoms with van der Waals surface area (Å²) < 4.78 is 61.8. The monoisotopic (exact) mass is 557 g/mol. The van der Waals surface area contributed by atoms with Gasteiger partial charge in [-0.15, -0.1) is 0 Å². The lowest BCUT2D eigenvalue weighted by Crippen LogP contribution is -2.27. The van der Waals surface area contributed by atoms with Crippen LogP contribution in [0.3, 0.4) is 0 Å². The highest BCUT2D eigenvalue weighted by Crippen LogP contribution is 2.54. The number of rotatable bonds is 7. The summed E-state index contributed by atoms with van der Waals surface area (Å²) in [5, 5.41) is 7.44. The maximum absolute atomic E-state index is 13.1. The Labute approximate surface area is 205 Å². The van der Waals surface area contributed by atoms with Crippen LogP contribution in [0.4, 0.5) is 13.2 Å². The van der Waals surface area contributed by atoms with Gasteiger partial charge in [0.15, 0.2) is 11.5 Å². The van der Waals surface area contributed by atoms with Gasteiger partial charge in [0.1, 0.15) is 11.8 Å². The number of nitrogens with one attached hydrogen (secondary N) is 1. The highest BCUT2D eigenvalue weighted by molar-refractivity contribution is 9.10. The summed E-state index contributed by atoms with van der Waals surface area (Å²) >= 11 is 3.50. The van der Waals surface area contributed by atoms with Crippen molar-refractivity contribution < 1.29 is 41.8 Å². The van der Waals surface area contributed by atoms with E-state index >= 15 is 0 Å². The van der Waals surface area contributed by atoms with Crippen LogP contribution in [0.5, 0.6) is 23.0 Å². The van der Waals surface area contributed by atoms with E-state index in [-0.39, 0.29) is 30.9 Å². The number of amides is 1. The normalized spacial score (nSPS) is 16.7. The molecule has 1 amide bonds. The second-order valence-electron chi connectivity index (χ2n) is 7.38. The summed E-state index contributed by atoms with van der Waals surface area (Å²) in [4.78, 5) is 17.8. The fraction of sp³-hybridized carbons (Fsp3) is 0.318. The molecule has 0 aromatic heterocycles. The average molecular weight is 558 g/mol. The van der Waals surface area contributed by atoms with Gasteiger partial charge in [-0.25, -0.2) is 5.43 Å². The maximum atomic E-state index is 13.1. The molecule has 2 aliphatic heterocycles. The lowest BCUT2D eigenvalue weighted by Gasteiger charge is -2.18. The molecule has 4 rings (SSSR count). The molecule has 0 saturated carbocycles. The van der Waals surface area contributed by atoms with Gasteiger partial charge in [-0.05, 0) is 22.0 Å². The third kappa shape index (κ3) is 4.99. The van der Waals surface area contributed by atoms with Gasteiger partial charge < -0.3 is 23.8 Å². The number of fused-ring (bicyclic) bond motifs is 1. The van der Waals surface area contributed by atoms with E-state index in [1.165, 1.54) is 32.4 Å². The van der Waals surface area contributed by atoms with Crippen LogP contribution in [0.25, 0.3) is 0 Å². The molecular weight excluding hydrogens is 539 g/mol. The Hall–Kier alpha value is -3.48. The van der Waals surface area contributed by atoms with Crippen LogP contribution in [0, 0.1) is 0 Å². The van der Waals surface area contributed by atoms with E-state index < -0.39 is 23.8 Å². The van der Waals surface area contributed by atoms with Crippen LogP contribution in [0.1, 0.15) is 23.1 Å². The molecule has 0 spiro atoms. The minimum Gasteiger partial charge on any atom is -0.492 e. The minimum atomic E-state index is -4.55. The summed E-state index contributed by atoms with van der Waals surface area (Å²) in [5.74, 6) is 0.974. The molecule has 9 nitrogen and oxygen atoms in total. The van der Waals surface area contributed by atoms with Gasteiger partial charge in [-0.2, -0.15) is 18.3 Å². The van der Waals surface area contributed by atoms with Crippen LogP contribution in [-0.4, -0.2) is 44.9 Å². The largest absolute Gasteiger partial charge is 0.492 e. The van der Waals surface area contributed by atoms with E-state index in [0.29, 0.717) is 33.0 Å². The number of carbonyl (C=O) groups excluding carboxylic acids is 1. The fourth-order valence-electron chi connectivity index (χ4n) is 3.66. The van der Waals surface area contributed by atoms with Crippen LogP contribution in [0.15, 0.2) is 39.0 Å². The van der Waals surface area contributed by atoms with E-state index in [1.54, 1.807) is 0 Å². The molecule has 1 N–H and O–H groups in total. The number of ether oxygens (including phenoxy) is 4. The standard InChI is InChI=1S/C22H19BrF3N3O6/c1-31-17-13(16(23)18(32-2)20-19(17)33-10-34-20)7-12-8-15(29-35-12)21(30)28-27-9-11-5-3-4-6-14(11)22(24,25)26/h3-6,9,12H,7-8,10H2,1-2H3,(H,28,30)/b27-9-. The van der Waals surface area contributed by atoms with Gasteiger partial charge in [0, 0.05) is 24.0 Å². The van der Waals surface area contributed by atoms with Crippen LogP contribution in [0.2, 0.25) is 0 Å². The zero-order chi connectivity index (χ0) is 25.2. The van der Waals surface area contributed by atoms with Crippen molar-refractivity contribution >= 4 is 33.8 Å². The molecule has 0 saturated heterocycles. The molecule has 0 aliphatic carbocycles. The topological polar surface area (TPSA) is 100.0 Å². The fourth-order valence-corrected chi connectivity index (χ4v) is 4.35. The lowest BCUT2D eigenvalue weighted by atomic mass is 10.0. The Morgan fingerprint density at radius 3 is 2.60 bits per heavy atom. The first-order valence-corrected chi connectivity index (χ1v) is 11.0. The SMILES string of the molecule is COc1c(Br)c(CC2CC(C(=O)N/N=C\c3ccccc3C(F)(F)F)=NO2)c(OC)c2c1OCO2. The molecule has 0 bridgehead atoms. The molecule has 186 valence electrons. The van der Waals surface area contributed by atoms with Gasteiger partial charge in [0.05, 0.1) is 30.5 Å². The predicted molar refractivity (Wildman–Crippen MR) is 121 cm³/mol. The molecule has 0 fully saturated rings. The summed E-state index contributed by atoms with van der Waals surface area (Å²) in [6, 6.07) is 4.89. The third-order valence-electron chi connectivity index (χ3n) is 5.23. The number of carbonyl (C=O) groups is 1. The quantitative estimate of drug-likeness (QED) is 0.407. The summed E-state index contributed by atoms with van der Waals surface area (Å²) in [5.41, 5.74) is 1.84. The molecule has 2 aromatic carbocycles. The zero-order valence-corrected chi connectivity index (χ0v) is 20.0. The Morgan fingerprint density at radius 1 is 1.23 bits per heavy atom. The van der Waals surface area contributed by atoms with Crippen molar-refractivity contribution in [1.82, 2.24) is 5.43 Å². The van der Waals surface area contributed by atoms with Crippen LogP contribution in [-0.2, 0) is 22.2 Å².